The lowest BCUT2D eigenvalue weighted by Gasteiger charge is -1.88. The maximum Gasteiger partial charge on any atom is 0.255 e. The van der Waals surface area contributed by atoms with E-state index in [9.17, 15) is 0 Å². The highest BCUT2D eigenvalue weighted by Crippen LogP contribution is 1.96. The highest BCUT2D eigenvalue weighted by Gasteiger charge is 2.02. The van der Waals surface area contributed by atoms with Crippen LogP contribution in [-0.2, 0) is 6.54 Å². The Kier molecular flexibility index (Phi) is 2.93. The van der Waals surface area contributed by atoms with Crippen LogP contribution in [-0.4, -0.2) is 29.9 Å². The van der Waals surface area contributed by atoms with Crippen molar-refractivity contribution in [2.24, 2.45) is 5.73 Å². The van der Waals surface area contributed by atoms with Gasteiger partial charge in [0, 0.05) is 0 Å². The summed E-state index contributed by atoms with van der Waals surface area (Å²) in [6.45, 7) is 0.342. The SMILES string of the molecule is Cl.NCc1nc(-n2cnnc2)n[nH]1. The molecule has 13 heavy (non-hydrogen) atoms. The quantitative estimate of drug-likeness (QED) is 0.667. The number of nitrogens with one attached hydrogen (secondary N) is 1. The van der Waals surface area contributed by atoms with E-state index < -0.39 is 0 Å². The van der Waals surface area contributed by atoms with Gasteiger partial charge >= 0.3 is 0 Å². The summed E-state index contributed by atoms with van der Waals surface area (Å²) in [5, 5.41) is 13.8. The van der Waals surface area contributed by atoms with Gasteiger partial charge in [-0.15, -0.1) is 27.7 Å². The van der Waals surface area contributed by atoms with Crippen molar-refractivity contribution in [2.45, 2.75) is 6.54 Å². The number of halogens is 1. The Morgan fingerprint density at radius 1 is 1.38 bits per heavy atom. The van der Waals surface area contributed by atoms with E-state index in [-0.39, 0.29) is 12.4 Å². The number of nitrogens with zero attached hydrogens (tertiary/aromatic N) is 5. The van der Waals surface area contributed by atoms with Crippen LogP contribution in [0.15, 0.2) is 12.7 Å². The van der Waals surface area contributed by atoms with Crippen molar-refractivity contribution in [3.05, 3.63) is 18.5 Å². The number of aromatic nitrogens is 6. The zero-order chi connectivity index (χ0) is 8.39. The fraction of sp³-hybridized carbons (Fsp3) is 0.200. The number of H-pyrrole nitrogens is 1. The highest BCUT2D eigenvalue weighted by molar-refractivity contribution is 5.85. The van der Waals surface area contributed by atoms with Crippen molar-refractivity contribution in [1.29, 1.82) is 0 Å². The third-order valence-corrected chi connectivity index (χ3v) is 1.36. The van der Waals surface area contributed by atoms with Gasteiger partial charge < -0.3 is 5.73 Å². The van der Waals surface area contributed by atoms with E-state index in [1.54, 1.807) is 4.57 Å². The van der Waals surface area contributed by atoms with Crippen LogP contribution in [0, 0.1) is 0 Å². The summed E-state index contributed by atoms with van der Waals surface area (Å²) in [7, 11) is 0. The van der Waals surface area contributed by atoms with Gasteiger partial charge in [0.1, 0.15) is 18.5 Å². The molecule has 0 radical (unpaired) electrons. The molecule has 0 saturated heterocycles. The molecule has 0 atom stereocenters. The van der Waals surface area contributed by atoms with Crippen LogP contribution in [0.1, 0.15) is 5.82 Å². The van der Waals surface area contributed by atoms with Crippen molar-refractivity contribution in [3.63, 3.8) is 0 Å². The fourth-order valence-corrected chi connectivity index (χ4v) is 0.796. The Balaban J connectivity index is 0.000000845. The van der Waals surface area contributed by atoms with Gasteiger partial charge in [-0.2, -0.15) is 4.98 Å². The molecule has 0 aliphatic carbocycles. The maximum atomic E-state index is 5.34. The molecule has 0 aliphatic heterocycles. The number of nitrogens with two attached hydrogens (primary N) is 1. The molecule has 0 aromatic carbocycles. The lowest BCUT2D eigenvalue weighted by atomic mass is 10.6. The number of rotatable bonds is 2. The Bertz CT molecular complexity index is 353. The largest absolute Gasteiger partial charge is 0.324 e. The van der Waals surface area contributed by atoms with Gasteiger partial charge in [-0.25, -0.2) is 0 Å². The first kappa shape index (κ1) is 9.62. The van der Waals surface area contributed by atoms with E-state index in [0.29, 0.717) is 18.3 Å². The molecule has 2 aromatic rings. The van der Waals surface area contributed by atoms with Crippen LogP contribution in [0.25, 0.3) is 5.95 Å². The van der Waals surface area contributed by atoms with E-state index in [4.69, 9.17) is 5.73 Å². The average molecular weight is 202 g/mol. The first-order valence-corrected chi connectivity index (χ1v) is 3.36. The smallest absolute Gasteiger partial charge is 0.255 e. The molecule has 8 heteroatoms. The van der Waals surface area contributed by atoms with Gasteiger partial charge in [0.15, 0.2) is 0 Å². The second-order valence-electron chi connectivity index (χ2n) is 2.16. The Morgan fingerprint density at radius 3 is 2.62 bits per heavy atom. The Labute approximate surface area is 79.8 Å². The first-order valence-electron chi connectivity index (χ1n) is 3.36. The average Bonchev–Trinajstić information content (AvgIpc) is 2.75. The predicted molar refractivity (Wildman–Crippen MR) is 46.4 cm³/mol. The molecule has 0 amide bonds. The third kappa shape index (κ3) is 1.82. The minimum atomic E-state index is 0. The van der Waals surface area contributed by atoms with Crippen molar-refractivity contribution >= 4 is 12.4 Å². The molecule has 0 unspecified atom stereocenters. The number of hydrogen-bond acceptors (Lipinski definition) is 5. The minimum absolute atomic E-state index is 0. The number of hydrogen-bond donors (Lipinski definition) is 2. The van der Waals surface area contributed by atoms with E-state index in [1.165, 1.54) is 12.7 Å². The van der Waals surface area contributed by atoms with Gasteiger partial charge in [-0.3, -0.25) is 9.67 Å². The molecule has 2 heterocycles. The minimum Gasteiger partial charge on any atom is -0.324 e. The van der Waals surface area contributed by atoms with E-state index in [0.717, 1.165) is 0 Å². The Hall–Kier alpha value is -1.47. The second kappa shape index (κ2) is 3.97. The summed E-state index contributed by atoms with van der Waals surface area (Å²) in [5.41, 5.74) is 5.34. The van der Waals surface area contributed by atoms with Gasteiger partial charge in [0.25, 0.3) is 5.95 Å². The van der Waals surface area contributed by atoms with Crippen LogP contribution in [0.5, 0.6) is 0 Å². The van der Waals surface area contributed by atoms with E-state index in [2.05, 4.69) is 25.4 Å². The van der Waals surface area contributed by atoms with E-state index >= 15 is 0 Å². The summed E-state index contributed by atoms with van der Waals surface area (Å²) < 4.78 is 1.59. The summed E-state index contributed by atoms with van der Waals surface area (Å²) in [6, 6.07) is 0. The highest BCUT2D eigenvalue weighted by atomic mass is 35.5. The zero-order valence-corrected chi connectivity index (χ0v) is 7.40. The van der Waals surface area contributed by atoms with Crippen molar-refractivity contribution in [1.82, 2.24) is 29.9 Å². The van der Waals surface area contributed by atoms with Crippen LogP contribution in [0.2, 0.25) is 0 Å². The van der Waals surface area contributed by atoms with Crippen molar-refractivity contribution < 1.29 is 0 Å². The fourth-order valence-electron chi connectivity index (χ4n) is 0.796. The Morgan fingerprint density at radius 2 is 2.08 bits per heavy atom. The van der Waals surface area contributed by atoms with Crippen molar-refractivity contribution in [2.75, 3.05) is 0 Å². The standard InChI is InChI=1S/C5H7N7.ClH/c6-1-4-9-5(11-10-4)12-2-7-8-3-12;/h2-3H,1,6H2,(H,9,10,11);1H. The zero-order valence-electron chi connectivity index (χ0n) is 6.58. The predicted octanol–water partition coefficient (Wildman–Crippen LogP) is -0.734. The third-order valence-electron chi connectivity index (χ3n) is 1.36. The van der Waals surface area contributed by atoms with Crippen LogP contribution in [0.3, 0.4) is 0 Å². The lowest BCUT2D eigenvalue weighted by molar-refractivity contribution is 0.915. The van der Waals surface area contributed by atoms with E-state index in [1.807, 2.05) is 0 Å². The number of aromatic amines is 1. The monoisotopic (exact) mass is 201 g/mol. The first-order chi connectivity index (χ1) is 5.90. The summed E-state index contributed by atoms with van der Waals surface area (Å²) in [5.74, 6) is 1.14. The molecule has 70 valence electrons. The summed E-state index contributed by atoms with van der Waals surface area (Å²) in [6.07, 6.45) is 3.03. The molecule has 2 aromatic heterocycles. The normalized spacial score (nSPS) is 9.62. The van der Waals surface area contributed by atoms with Crippen LogP contribution in [0.4, 0.5) is 0 Å². The molecule has 0 saturated carbocycles. The maximum absolute atomic E-state index is 5.34. The van der Waals surface area contributed by atoms with Crippen molar-refractivity contribution in [3.8, 4) is 5.95 Å². The van der Waals surface area contributed by atoms with Crippen LogP contribution >= 0.6 is 12.4 Å². The molecule has 7 nitrogen and oxygen atoms in total. The molecular formula is C5H8ClN7. The van der Waals surface area contributed by atoms with Gasteiger partial charge in [0.2, 0.25) is 0 Å². The molecule has 0 fully saturated rings. The van der Waals surface area contributed by atoms with Gasteiger partial charge in [-0.1, -0.05) is 0 Å². The summed E-state index contributed by atoms with van der Waals surface area (Å²) in [4.78, 5) is 4.06. The molecule has 3 N–H and O–H groups in total. The molecule has 0 bridgehead atoms. The lowest BCUT2D eigenvalue weighted by Crippen LogP contribution is -1.98. The van der Waals surface area contributed by atoms with Gasteiger partial charge in [0.05, 0.1) is 6.54 Å². The molecule has 0 spiro atoms. The topological polar surface area (TPSA) is 98.3 Å². The second-order valence-corrected chi connectivity index (χ2v) is 2.16. The molecule has 0 aliphatic rings. The van der Waals surface area contributed by atoms with Crippen LogP contribution < -0.4 is 5.73 Å². The molecular weight excluding hydrogens is 194 g/mol. The molecule has 2 rings (SSSR count). The summed E-state index contributed by atoms with van der Waals surface area (Å²) >= 11 is 0. The van der Waals surface area contributed by atoms with Gasteiger partial charge in [-0.05, 0) is 0 Å².